The fourth-order valence-electron chi connectivity index (χ4n) is 1.37. The summed E-state index contributed by atoms with van der Waals surface area (Å²) in [5, 5.41) is 19.5. The van der Waals surface area contributed by atoms with Gasteiger partial charge in [0.1, 0.15) is 11.4 Å². The number of likely N-dealkylation sites (N-methyl/N-ethyl adjacent to an activating group) is 1. The number of benzene rings is 1. The van der Waals surface area contributed by atoms with Crippen LogP contribution in [0.15, 0.2) is 18.2 Å². The summed E-state index contributed by atoms with van der Waals surface area (Å²) in [6.07, 6.45) is 0. The number of rotatable bonds is 4. The van der Waals surface area contributed by atoms with Crippen LogP contribution in [0.4, 0.5) is 10.1 Å². The first kappa shape index (κ1) is 15.5. The number of carbonyl (C=O) groups is 2. The summed E-state index contributed by atoms with van der Waals surface area (Å²) in [5.41, 5.74) is -2.45. The van der Waals surface area contributed by atoms with Crippen LogP contribution in [0.2, 0.25) is 0 Å². The summed E-state index contributed by atoms with van der Waals surface area (Å²) in [4.78, 5) is 33.7. The van der Waals surface area contributed by atoms with Gasteiger partial charge in [-0.1, -0.05) is 0 Å². The molecule has 8 heteroatoms. The average Bonchev–Trinajstić information content (AvgIpc) is 2.36. The maximum absolute atomic E-state index is 13.7. The van der Waals surface area contributed by atoms with Gasteiger partial charge in [0.25, 0.3) is 11.6 Å². The molecule has 0 aliphatic carbocycles. The van der Waals surface area contributed by atoms with Crippen molar-refractivity contribution in [2.24, 2.45) is 0 Å². The molecule has 0 radical (unpaired) electrons. The van der Waals surface area contributed by atoms with Crippen molar-refractivity contribution >= 4 is 17.6 Å². The van der Waals surface area contributed by atoms with Crippen molar-refractivity contribution in [2.75, 3.05) is 7.05 Å². The molecule has 0 spiro atoms. The predicted molar refractivity (Wildman–Crippen MR) is 66.9 cm³/mol. The molecule has 0 aliphatic heterocycles. The minimum absolute atomic E-state index is 0.424. The van der Waals surface area contributed by atoms with E-state index in [2.05, 4.69) is 0 Å². The number of carbonyl (C=O) groups excluding carboxylic acids is 1. The summed E-state index contributed by atoms with van der Waals surface area (Å²) in [7, 11) is 1.22. The number of nitro groups is 1. The number of nitro benzene ring substituents is 1. The van der Waals surface area contributed by atoms with E-state index in [4.69, 9.17) is 5.11 Å². The summed E-state index contributed by atoms with van der Waals surface area (Å²) < 4.78 is 13.7. The highest BCUT2D eigenvalue weighted by molar-refractivity contribution is 5.97. The summed E-state index contributed by atoms with van der Waals surface area (Å²) >= 11 is 0. The first-order chi connectivity index (χ1) is 9.09. The van der Waals surface area contributed by atoms with Crippen molar-refractivity contribution in [1.29, 1.82) is 0 Å². The molecule has 0 saturated carbocycles. The van der Waals surface area contributed by atoms with Crippen molar-refractivity contribution in [2.45, 2.75) is 19.4 Å². The van der Waals surface area contributed by atoms with Crippen LogP contribution in [0.3, 0.4) is 0 Å². The highest BCUT2D eigenvalue weighted by Gasteiger charge is 2.36. The van der Waals surface area contributed by atoms with Gasteiger partial charge in [0.2, 0.25) is 0 Å². The Labute approximate surface area is 113 Å². The van der Waals surface area contributed by atoms with E-state index < -0.39 is 39.4 Å². The topological polar surface area (TPSA) is 101 Å². The van der Waals surface area contributed by atoms with E-state index in [1.165, 1.54) is 20.9 Å². The molecular weight excluding hydrogens is 271 g/mol. The lowest BCUT2D eigenvalue weighted by atomic mass is 10.0. The third-order valence-corrected chi connectivity index (χ3v) is 3.06. The Bertz CT molecular complexity index is 585. The van der Waals surface area contributed by atoms with E-state index in [1.54, 1.807) is 0 Å². The molecule has 0 aliphatic rings. The van der Waals surface area contributed by atoms with Crippen LogP contribution in [0, 0.1) is 15.9 Å². The Morgan fingerprint density at radius 3 is 2.35 bits per heavy atom. The molecule has 1 rings (SSSR count). The zero-order valence-corrected chi connectivity index (χ0v) is 11.1. The lowest BCUT2D eigenvalue weighted by Crippen LogP contribution is -2.50. The fraction of sp³-hybridized carbons (Fsp3) is 0.333. The van der Waals surface area contributed by atoms with Crippen molar-refractivity contribution in [3.63, 3.8) is 0 Å². The number of aliphatic carboxylic acids is 1. The largest absolute Gasteiger partial charge is 0.480 e. The smallest absolute Gasteiger partial charge is 0.329 e. The maximum Gasteiger partial charge on any atom is 0.329 e. The first-order valence-electron chi connectivity index (χ1n) is 5.54. The maximum atomic E-state index is 13.7. The number of hydrogen-bond donors (Lipinski definition) is 1. The van der Waals surface area contributed by atoms with E-state index in [0.29, 0.717) is 6.07 Å². The quantitative estimate of drug-likeness (QED) is 0.669. The number of nitrogens with zero attached hydrogens (tertiary/aromatic N) is 2. The Balaban J connectivity index is 3.16. The molecule has 0 bridgehead atoms. The van der Waals surface area contributed by atoms with Crippen LogP contribution >= 0.6 is 0 Å². The highest BCUT2D eigenvalue weighted by Crippen LogP contribution is 2.21. The van der Waals surface area contributed by atoms with Crippen LogP contribution in [0.25, 0.3) is 0 Å². The number of hydrogen-bond acceptors (Lipinski definition) is 4. The van der Waals surface area contributed by atoms with Crippen LogP contribution in [0.5, 0.6) is 0 Å². The SMILES string of the molecule is CN(C(=O)c1ccc([N+](=O)[O-])cc1F)C(C)(C)C(=O)O. The van der Waals surface area contributed by atoms with Gasteiger partial charge >= 0.3 is 5.97 Å². The Hall–Kier alpha value is -2.51. The zero-order valence-electron chi connectivity index (χ0n) is 11.1. The van der Waals surface area contributed by atoms with E-state index in [0.717, 1.165) is 17.0 Å². The standard InChI is InChI=1S/C12H13FN2O5/c1-12(2,11(17)18)14(3)10(16)8-5-4-7(15(19)20)6-9(8)13/h4-6H,1-3H3,(H,17,18). The Morgan fingerprint density at radius 1 is 1.40 bits per heavy atom. The van der Waals surface area contributed by atoms with E-state index in [9.17, 15) is 24.1 Å². The molecule has 1 amide bonds. The molecular formula is C12H13FN2O5. The molecule has 1 aromatic carbocycles. The zero-order chi connectivity index (χ0) is 15.7. The van der Waals surface area contributed by atoms with Crippen LogP contribution in [0.1, 0.15) is 24.2 Å². The van der Waals surface area contributed by atoms with Crippen molar-refractivity contribution < 1.29 is 24.0 Å². The first-order valence-corrected chi connectivity index (χ1v) is 5.54. The molecule has 108 valence electrons. The van der Waals surface area contributed by atoms with Gasteiger partial charge in [-0.25, -0.2) is 9.18 Å². The molecule has 20 heavy (non-hydrogen) atoms. The highest BCUT2D eigenvalue weighted by atomic mass is 19.1. The second kappa shape index (κ2) is 5.24. The summed E-state index contributed by atoms with van der Waals surface area (Å²) in [6, 6.07) is 2.57. The van der Waals surface area contributed by atoms with Crippen molar-refractivity contribution in [3.05, 3.63) is 39.7 Å². The second-order valence-corrected chi connectivity index (χ2v) is 4.65. The van der Waals surface area contributed by atoms with Gasteiger partial charge in [-0.05, 0) is 19.9 Å². The van der Waals surface area contributed by atoms with Crippen LogP contribution in [-0.4, -0.2) is 39.4 Å². The lowest BCUT2D eigenvalue weighted by Gasteiger charge is -2.31. The molecule has 0 fully saturated rings. The third kappa shape index (κ3) is 2.73. The molecule has 0 saturated heterocycles. The average molecular weight is 284 g/mol. The normalized spacial score (nSPS) is 11.0. The molecule has 0 heterocycles. The molecule has 0 aromatic heterocycles. The molecule has 1 aromatic rings. The van der Waals surface area contributed by atoms with E-state index in [-0.39, 0.29) is 0 Å². The molecule has 0 unspecified atom stereocenters. The summed E-state index contributed by atoms with van der Waals surface area (Å²) in [6.45, 7) is 2.58. The van der Waals surface area contributed by atoms with E-state index >= 15 is 0 Å². The third-order valence-electron chi connectivity index (χ3n) is 3.06. The minimum Gasteiger partial charge on any atom is -0.480 e. The van der Waals surface area contributed by atoms with Crippen molar-refractivity contribution in [3.8, 4) is 0 Å². The van der Waals surface area contributed by atoms with Gasteiger partial charge < -0.3 is 10.0 Å². The van der Waals surface area contributed by atoms with E-state index in [1.807, 2.05) is 0 Å². The Morgan fingerprint density at radius 2 is 1.95 bits per heavy atom. The Kier molecular flexibility index (Phi) is 4.07. The van der Waals surface area contributed by atoms with Gasteiger partial charge in [-0.3, -0.25) is 14.9 Å². The predicted octanol–water partition coefficient (Wildman–Crippen LogP) is 1.67. The second-order valence-electron chi connectivity index (χ2n) is 4.65. The minimum atomic E-state index is -1.54. The monoisotopic (exact) mass is 284 g/mol. The van der Waals surface area contributed by atoms with Gasteiger partial charge in [0.15, 0.2) is 0 Å². The number of amides is 1. The van der Waals surface area contributed by atoms with Gasteiger partial charge in [0.05, 0.1) is 16.6 Å². The van der Waals surface area contributed by atoms with Gasteiger partial charge in [-0.2, -0.15) is 0 Å². The number of non-ortho nitro benzene ring substituents is 1. The number of carboxylic acid groups (broad SMARTS) is 1. The van der Waals surface area contributed by atoms with Gasteiger partial charge in [0, 0.05) is 13.1 Å². The summed E-state index contributed by atoms with van der Waals surface area (Å²) in [5.74, 6) is -3.20. The van der Waals surface area contributed by atoms with Gasteiger partial charge in [-0.15, -0.1) is 0 Å². The van der Waals surface area contributed by atoms with Crippen LogP contribution in [-0.2, 0) is 4.79 Å². The molecule has 1 N–H and O–H groups in total. The number of halogens is 1. The lowest BCUT2D eigenvalue weighted by molar-refractivity contribution is -0.385. The molecule has 7 nitrogen and oxygen atoms in total. The number of carboxylic acids is 1. The fourth-order valence-corrected chi connectivity index (χ4v) is 1.37. The van der Waals surface area contributed by atoms with Crippen molar-refractivity contribution in [1.82, 2.24) is 4.90 Å². The molecule has 0 atom stereocenters. The van der Waals surface area contributed by atoms with Crippen LogP contribution < -0.4 is 0 Å².